The van der Waals surface area contributed by atoms with Crippen molar-refractivity contribution in [1.82, 2.24) is 14.9 Å². The Morgan fingerprint density at radius 1 is 1.21 bits per heavy atom. The van der Waals surface area contributed by atoms with E-state index in [9.17, 15) is 13.6 Å². The van der Waals surface area contributed by atoms with Crippen LogP contribution in [0.25, 0.3) is 10.9 Å². The first kappa shape index (κ1) is 22.5. The van der Waals surface area contributed by atoms with Crippen molar-refractivity contribution in [2.24, 2.45) is 0 Å². The number of ether oxygens (including phenoxy) is 2. The lowest BCUT2D eigenvalue weighted by Gasteiger charge is -2.35. The summed E-state index contributed by atoms with van der Waals surface area (Å²) in [6, 6.07) is 5.50. The van der Waals surface area contributed by atoms with Crippen LogP contribution in [0.3, 0.4) is 0 Å². The summed E-state index contributed by atoms with van der Waals surface area (Å²) in [5.74, 6) is -1.20. The fraction of sp³-hybridized carbons (Fsp3) is 0.348. The molecule has 2 aliphatic heterocycles. The van der Waals surface area contributed by atoms with Gasteiger partial charge in [0.1, 0.15) is 35.0 Å². The molecule has 11 heteroatoms. The number of methoxy groups -OCH3 is 1. The molecule has 2 aromatic carbocycles. The van der Waals surface area contributed by atoms with Gasteiger partial charge in [0.25, 0.3) is 0 Å². The number of rotatable bonds is 4. The average Bonchev–Trinajstić information content (AvgIpc) is 3.16. The average molecular weight is 490 g/mol. The number of halogens is 3. The number of likely N-dealkylation sites (tertiary alicyclic amines) is 1. The Kier molecular flexibility index (Phi) is 5.65. The Labute approximate surface area is 199 Å². The molecule has 2 saturated heterocycles. The van der Waals surface area contributed by atoms with Crippen LogP contribution in [-0.4, -0.2) is 60.4 Å². The lowest BCUT2D eigenvalue weighted by atomic mass is 9.91. The summed E-state index contributed by atoms with van der Waals surface area (Å²) in [7, 11) is 3.53. The van der Waals surface area contributed by atoms with Crippen molar-refractivity contribution in [3.63, 3.8) is 0 Å². The molecular formula is C23H22ClF2N5O3. The van der Waals surface area contributed by atoms with E-state index in [2.05, 4.69) is 20.2 Å². The molecule has 0 saturated carbocycles. The Morgan fingerprint density at radius 3 is 2.71 bits per heavy atom. The van der Waals surface area contributed by atoms with E-state index >= 15 is 0 Å². The standard InChI is InChI=1S/C23H22ClF2N5O3/c1-30-7-5-23(6-8-30)11-31(22(32)34-23)17-9-13-16(10-18(17)33-2)27-12-28-21(13)29-20-15(25)4-3-14(24)19(20)26/h3-4,9-10,12H,5-8,11H2,1-2H3,(H,27,28,29). The molecule has 2 aliphatic rings. The van der Waals surface area contributed by atoms with Gasteiger partial charge in [0.2, 0.25) is 0 Å². The zero-order valence-corrected chi connectivity index (χ0v) is 19.3. The van der Waals surface area contributed by atoms with Gasteiger partial charge in [0, 0.05) is 37.4 Å². The van der Waals surface area contributed by atoms with E-state index in [1.54, 1.807) is 12.1 Å². The highest BCUT2D eigenvalue weighted by Crippen LogP contribution is 2.41. The highest BCUT2D eigenvalue weighted by molar-refractivity contribution is 6.31. The summed E-state index contributed by atoms with van der Waals surface area (Å²) in [5, 5.41) is 2.90. The highest BCUT2D eigenvalue weighted by Gasteiger charge is 2.47. The molecule has 3 heterocycles. The van der Waals surface area contributed by atoms with Crippen molar-refractivity contribution in [3.8, 4) is 5.75 Å². The maximum absolute atomic E-state index is 14.5. The quantitative estimate of drug-likeness (QED) is 0.530. The minimum atomic E-state index is -0.936. The molecule has 0 unspecified atom stereocenters. The predicted octanol–water partition coefficient (Wildman–Crippen LogP) is 4.73. The van der Waals surface area contributed by atoms with Crippen molar-refractivity contribution < 1.29 is 23.0 Å². The Hall–Kier alpha value is -3.24. The zero-order valence-electron chi connectivity index (χ0n) is 18.6. The van der Waals surface area contributed by atoms with Crippen molar-refractivity contribution in [2.45, 2.75) is 18.4 Å². The fourth-order valence-electron chi connectivity index (χ4n) is 4.40. The second-order valence-corrected chi connectivity index (χ2v) is 8.95. The third kappa shape index (κ3) is 3.86. The second kappa shape index (κ2) is 8.52. The van der Waals surface area contributed by atoms with Gasteiger partial charge in [-0.1, -0.05) is 11.6 Å². The van der Waals surface area contributed by atoms with Crippen LogP contribution in [0.15, 0.2) is 30.6 Å². The van der Waals surface area contributed by atoms with Gasteiger partial charge in [0.05, 0.1) is 29.9 Å². The van der Waals surface area contributed by atoms with Crippen LogP contribution in [0.2, 0.25) is 5.02 Å². The van der Waals surface area contributed by atoms with Crippen LogP contribution in [0, 0.1) is 11.6 Å². The van der Waals surface area contributed by atoms with E-state index < -0.39 is 29.0 Å². The summed E-state index contributed by atoms with van der Waals surface area (Å²) in [5.41, 5.74) is -0.0795. The number of fused-ring (bicyclic) bond motifs is 1. The van der Waals surface area contributed by atoms with Gasteiger partial charge in [-0.3, -0.25) is 4.90 Å². The molecule has 178 valence electrons. The molecule has 1 amide bonds. The number of anilines is 3. The van der Waals surface area contributed by atoms with Crippen LogP contribution in [0.4, 0.5) is 30.8 Å². The number of aromatic nitrogens is 2. The number of carbonyl (C=O) groups excluding carboxylic acids is 1. The maximum Gasteiger partial charge on any atom is 0.415 e. The fourth-order valence-corrected chi connectivity index (χ4v) is 4.56. The first-order valence-corrected chi connectivity index (χ1v) is 11.1. The molecule has 5 rings (SSSR count). The monoisotopic (exact) mass is 489 g/mol. The highest BCUT2D eigenvalue weighted by atomic mass is 35.5. The van der Waals surface area contributed by atoms with Crippen molar-refractivity contribution >= 4 is 45.8 Å². The number of amides is 1. The van der Waals surface area contributed by atoms with Gasteiger partial charge in [-0.2, -0.15) is 0 Å². The predicted molar refractivity (Wildman–Crippen MR) is 124 cm³/mol. The number of hydrogen-bond donors (Lipinski definition) is 1. The summed E-state index contributed by atoms with van der Waals surface area (Å²) >= 11 is 5.83. The normalized spacial score (nSPS) is 17.9. The number of hydrogen-bond acceptors (Lipinski definition) is 7. The molecule has 2 fully saturated rings. The van der Waals surface area contributed by atoms with Crippen LogP contribution >= 0.6 is 11.6 Å². The van der Waals surface area contributed by atoms with Crippen molar-refractivity contribution in [1.29, 1.82) is 0 Å². The number of piperidine rings is 1. The number of carbonyl (C=O) groups is 1. The SMILES string of the molecule is COc1cc2ncnc(Nc3c(F)ccc(Cl)c3F)c2cc1N1CC2(CCN(C)CC2)OC1=O. The zero-order chi connectivity index (χ0) is 24.0. The molecule has 1 aromatic heterocycles. The van der Waals surface area contributed by atoms with Gasteiger partial charge >= 0.3 is 6.09 Å². The van der Waals surface area contributed by atoms with Gasteiger partial charge in [-0.05, 0) is 25.2 Å². The van der Waals surface area contributed by atoms with Crippen LogP contribution < -0.4 is 15.0 Å². The lowest BCUT2D eigenvalue weighted by Crippen LogP contribution is -2.45. The smallest absolute Gasteiger partial charge is 0.415 e. The van der Waals surface area contributed by atoms with Crippen molar-refractivity contribution in [3.05, 3.63) is 47.2 Å². The van der Waals surface area contributed by atoms with Gasteiger partial charge < -0.3 is 19.7 Å². The van der Waals surface area contributed by atoms with Gasteiger partial charge in [-0.25, -0.2) is 23.5 Å². The topological polar surface area (TPSA) is 79.8 Å². The van der Waals surface area contributed by atoms with Gasteiger partial charge in [0.15, 0.2) is 5.82 Å². The van der Waals surface area contributed by atoms with E-state index in [-0.39, 0.29) is 10.8 Å². The largest absolute Gasteiger partial charge is 0.494 e. The molecule has 1 N–H and O–H groups in total. The van der Waals surface area contributed by atoms with Gasteiger partial charge in [-0.15, -0.1) is 0 Å². The molecule has 8 nitrogen and oxygen atoms in total. The summed E-state index contributed by atoms with van der Waals surface area (Å²) in [6.07, 6.45) is 2.25. The number of nitrogens with zero attached hydrogens (tertiary/aromatic N) is 4. The molecule has 3 aromatic rings. The summed E-state index contributed by atoms with van der Waals surface area (Å²) in [4.78, 5) is 25.1. The van der Waals surface area contributed by atoms with Crippen LogP contribution in [0.5, 0.6) is 5.75 Å². The minimum Gasteiger partial charge on any atom is -0.494 e. The maximum atomic E-state index is 14.5. The molecule has 34 heavy (non-hydrogen) atoms. The molecule has 0 atom stereocenters. The third-order valence-corrected chi connectivity index (χ3v) is 6.67. The Morgan fingerprint density at radius 2 is 1.97 bits per heavy atom. The third-order valence-electron chi connectivity index (χ3n) is 6.38. The minimum absolute atomic E-state index is 0.149. The molecule has 0 aliphatic carbocycles. The van der Waals surface area contributed by atoms with E-state index in [1.165, 1.54) is 18.3 Å². The molecular weight excluding hydrogens is 468 g/mol. The number of nitrogens with one attached hydrogen (secondary N) is 1. The molecule has 0 bridgehead atoms. The Balaban J connectivity index is 1.56. The van der Waals surface area contributed by atoms with E-state index in [1.807, 2.05) is 7.05 Å². The first-order valence-electron chi connectivity index (χ1n) is 10.7. The van der Waals surface area contributed by atoms with E-state index in [4.69, 9.17) is 21.1 Å². The summed E-state index contributed by atoms with van der Waals surface area (Å²) in [6.45, 7) is 2.03. The number of benzene rings is 2. The Bertz CT molecular complexity index is 1280. The van der Waals surface area contributed by atoms with E-state index in [0.717, 1.165) is 38.1 Å². The van der Waals surface area contributed by atoms with Crippen LogP contribution in [-0.2, 0) is 4.74 Å². The van der Waals surface area contributed by atoms with E-state index in [0.29, 0.717) is 28.9 Å². The first-order chi connectivity index (χ1) is 16.3. The summed E-state index contributed by atoms with van der Waals surface area (Å²) < 4.78 is 40.2. The lowest BCUT2D eigenvalue weighted by molar-refractivity contribution is 0.00678. The van der Waals surface area contributed by atoms with Crippen LogP contribution in [0.1, 0.15) is 12.8 Å². The molecule has 1 spiro atoms. The second-order valence-electron chi connectivity index (χ2n) is 8.55. The van der Waals surface area contributed by atoms with Crippen molar-refractivity contribution in [2.75, 3.05) is 44.0 Å². The molecule has 0 radical (unpaired) electrons.